The van der Waals surface area contributed by atoms with Crippen molar-refractivity contribution in [2.75, 3.05) is 11.9 Å². The van der Waals surface area contributed by atoms with E-state index in [1.807, 2.05) is 6.92 Å². The number of aryl methyl sites for hydroxylation is 1. The number of hydrogen-bond acceptors (Lipinski definition) is 5. The molecule has 1 saturated heterocycles. The number of fused-ring (bicyclic) bond motifs is 1. The van der Waals surface area contributed by atoms with Gasteiger partial charge in [0.05, 0.1) is 6.10 Å². The van der Waals surface area contributed by atoms with E-state index >= 15 is 0 Å². The Labute approximate surface area is 99.4 Å². The van der Waals surface area contributed by atoms with Crippen LogP contribution in [0.25, 0.3) is 0 Å². The lowest BCUT2D eigenvalue weighted by atomic mass is 9.82. The van der Waals surface area contributed by atoms with E-state index < -0.39 is 0 Å². The summed E-state index contributed by atoms with van der Waals surface area (Å²) < 4.78 is 5.76. The fourth-order valence-corrected chi connectivity index (χ4v) is 3.52. The zero-order chi connectivity index (χ0) is 11.0. The lowest BCUT2D eigenvalue weighted by Crippen LogP contribution is -2.38. The van der Waals surface area contributed by atoms with Crippen LogP contribution in [0.4, 0.5) is 5.13 Å². The van der Waals surface area contributed by atoms with E-state index in [1.54, 1.807) is 11.3 Å². The lowest BCUT2D eigenvalue weighted by Gasteiger charge is -2.32. The van der Waals surface area contributed by atoms with E-state index in [9.17, 15) is 0 Å². The summed E-state index contributed by atoms with van der Waals surface area (Å²) in [5, 5.41) is 13.7. The van der Waals surface area contributed by atoms with Gasteiger partial charge in [-0.2, -0.15) is 0 Å². The first-order valence-corrected chi connectivity index (χ1v) is 6.83. The molecule has 1 saturated carbocycles. The Morgan fingerprint density at radius 3 is 3.06 bits per heavy atom. The van der Waals surface area contributed by atoms with Gasteiger partial charge in [0.25, 0.3) is 0 Å². The van der Waals surface area contributed by atoms with Crippen molar-refractivity contribution in [1.29, 1.82) is 0 Å². The topological polar surface area (TPSA) is 47.0 Å². The first-order valence-electron chi connectivity index (χ1n) is 6.01. The molecular formula is C11H17N3OS. The van der Waals surface area contributed by atoms with Gasteiger partial charge in [0.15, 0.2) is 0 Å². The number of nitrogens with zero attached hydrogens (tertiary/aromatic N) is 2. The van der Waals surface area contributed by atoms with Crippen molar-refractivity contribution >= 4 is 16.5 Å². The van der Waals surface area contributed by atoms with Crippen LogP contribution in [0.3, 0.4) is 0 Å². The van der Waals surface area contributed by atoms with Gasteiger partial charge in [0.1, 0.15) is 5.01 Å². The smallest absolute Gasteiger partial charge is 0.205 e. The fraction of sp³-hybridized carbons (Fsp3) is 0.818. The molecule has 1 aromatic heterocycles. The third kappa shape index (κ3) is 1.94. The summed E-state index contributed by atoms with van der Waals surface area (Å²) in [5.74, 6) is 0.679. The Hall–Kier alpha value is -0.680. The second-order valence-corrected chi connectivity index (χ2v) is 5.85. The number of rotatable bonds is 2. The van der Waals surface area contributed by atoms with Crippen molar-refractivity contribution in [2.45, 2.75) is 44.8 Å². The number of aromatic nitrogens is 2. The van der Waals surface area contributed by atoms with Gasteiger partial charge in [-0.05, 0) is 32.6 Å². The molecule has 3 rings (SSSR count). The van der Waals surface area contributed by atoms with Crippen LogP contribution in [0.1, 0.15) is 30.7 Å². The van der Waals surface area contributed by atoms with Gasteiger partial charge in [-0.3, -0.25) is 0 Å². The Kier molecular flexibility index (Phi) is 2.81. The summed E-state index contributed by atoms with van der Waals surface area (Å²) >= 11 is 1.64. The van der Waals surface area contributed by atoms with Gasteiger partial charge in [0, 0.05) is 18.6 Å². The highest BCUT2D eigenvalue weighted by atomic mass is 32.1. The summed E-state index contributed by atoms with van der Waals surface area (Å²) in [7, 11) is 0. The summed E-state index contributed by atoms with van der Waals surface area (Å²) in [6.07, 6.45) is 5.41. The number of hydrogen-bond donors (Lipinski definition) is 1. The molecule has 5 heteroatoms. The molecule has 0 bridgehead atoms. The highest BCUT2D eigenvalue weighted by Crippen LogP contribution is 2.36. The fourth-order valence-electron chi connectivity index (χ4n) is 2.87. The molecule has 0 amide bonds. The lowest BCUT2D eigenvalue weighted by molar-refractivity contribution is 0.0620. The van der Waals surface area contributed by atoms with E-state index in [0.717, 1.165) is 16.7 Å². The minimum atomic E-state index is 0.486. The highest BCUT2D eigenvalue weighted by Gasteiger charge is 2.37. The summed E-state index contributed by atoms with van der Waals surface area (Å²) in [6, 6.07) is 0.536. The molecule has 0 spiro atoms. The number of ether oxygens (including phenoxy) is 1. The van der Waals surface area contributed by atoms with Crippen molar-refractivity contribution in [3.63, 3.8) is 0 Å². The Morgan fingerprint density at radius 2 is 2.25 bits per heavy atom. The molecule has 4 nitrogen and oxygen atoms in total. The van der Waals surface area contributed by atoms with Crippen LogP contribution < -0.4 is 5.32 Å². The standard InChI is InChI=1S/C11H17N3OS/c1-7-13-14-11(16-7)12-9-3-2-4-10-8(9)5-6-15-10/h8-10H,2-6H2,1H3,(H,12,14). The zero-order valence-electron chi connectivity index (χ0n) is 9.48. The second-order valence-electron chi connectivity index (χ2n) is 4.67. The van der Waals surface area contributed by atoms with Crippen LogP contribution in [0.15, 0.2) is 0 Å². The number of anilines is 1. The maximum Gasteiger partial charge on any atom is 0.205 e. The molecule has 0 aromatic carbocycles. The van der Waals surface area contributed by atoms with Crippen molar-refractivity contribution in [1.82, 2.24) is 10.2 Å². The van der Waals surface area contributed by atoms with Crippen LogP contribution in [0.5, 0.6) is 0 Å². The van der Waals surface area contributed by atoms with E-state index in [4.69, 9.17) is 4.74 Å². The molecule has 88 valence electrons. The molecule has 1 aliphatic heterocycles. The molecule has 2 aliphatic rings. The highest BCUT2D eigenvalue weighted by molar-refractivity contribution is 7.15. The predicted molar refractivity (Wildman–Crippen MR) is 63.8 cm³/mol. The molecule has 1 aliphatic carbocycles. The van der Waals surface area contributed by atoms with Gasteiger partial charge < -0.3 is 10.1 Å². The van der Waals surface area contributed by atoms with Crippen LogP contribution >= 0.6 is 11.3 Å². The summed E-state index contributed by atoms with van der Waals surface area (Å²) in [4.78, 5) is 0. The van der Waals surface area contributed by atoms with Gasteiger partial charge in [-0.1, -0.05) is 11.3 Å². The normalized spacial score (nSPS) is 33.7. The summed E-state index contributed by atoms with van der Waals surface area (Å²) in [6.45, 7) is 2.92. The third-order valence-corrected chi connectivity index (χ3v) is 4.39. The number of nitrogens with one attached hydrogen (secondary N) is 1. The molecule has 3 unspecified atom stereocenters. The quantitative estimate of drug-likeness (QED) is 0.859. The minimum Gasteiger partial charge on any atom is -0.378 e. The average molecular weight is 239 g/mol. The van der Waals surface area contributed by atoms with Crippen LogP contribution in [0, 0.1) is 12.8 Å². The molecule has 2 fully saturated rings. The predicted octanol–water partition coefficient (Wildman–Crippen LogP) is 2.22. The van der Waals surface area contributed by atoms with E-state index in [2.05, 4.69) is 15.5 Å². The monoisotopic (exact) mass is 239 g/mol. The van der Waals surface area contributed by atoms with Crippen LogP contribution in [-0.4, -0.2) is 29.0 Å². The van der Waals surface area contributed by atoms with Gasteiger partial charge in [0.2, 0.25) is 5.13 Å². The SMILES string of the molecule is Cc1nnc(NC2CCCC3OCCC23)s1. The van der Waals surface area contributed by atoms with Gasteiger partial charge >= 0.3 is 0 Å². The molecule has 3 atom stereocenters. The molecule has 0 radical (unpaired) electrons. The minimum absolute atomic E-state index is 0.486. The van der Waals surface area contributed by atoms with Crippen LogP contribution in [0.2, 0.25) is 0 Å². The third-order valence-electron chi connectivity index (χ3n) is 3.62. The maximum absolute atomic E-state index is 5.76. The Bertz CT molecular complexity index is 368. The van der Waals surface area contributed by atoms with Gasteiger partial charge in [-0.15, -0.1) is 10.2 Å². The Balaban J connectivity index is 1.69. The van der Waals surface area contributed by atoms with Crippen molar-refractivity contribution < 1.29 is 4.74 Å². The molecular weight excluding hydrogens is 222 g/mol. The molecule has 1 aromatic rings. The van der Waals surface area contributed by atoms with Crippen molar-refractivity contribution in [3.8, 4) is 0 Å². The first kappa shape index (κ1) is 10.5. The molecule has 1 N–H and O–H groups in total. The van der Waals surface area contributed by atoms with E-state index in [0.29, 0.717) is 18.1 Å². The van der Waals surface area contributed by atoms with E-state index in [-0.39, 0.29) is 0 Å². The summed E-state index contributed by atoms with van der Waals surface area (Å²) in [5.41, 5.74) is 0. The van der Waals surface area contributed by atoms with E-state index in [1.165, 1.54) is 25.7 Å². The second kappa shape index (κ2) is 4.30. The zero-order valence-corrected chi connectivity index (χ0v) is 10.3. The van der Waals surface area contributed by atoms with Crippen molar-refractivity contribution in [3.05, 3.63) is 5.01 Å². The average Bonchev–Trinajstić information content (AvgIpc) is 2.87. The molecule has 16 heavy (non-hydrogen) atoms. The van der Waals surface area contributed by atoms with Crippen LogP contribution in [-0.2, 0) is 4.74 Å². The molecule has 2 heterocycles. The first-order chi connectivity index (χ1) is 7.83. The van der Waals surface area contributed by atoms with Gasteiger partial charge in [-0.25, -0.2) is 0 Å². The van der Waals surface area contributed by atoms with Crippen molar-refractivity contribution in [2.24, 2.45) is 5.92 Å². The largest absolute Gasteiger partial charge is 0.378 e. The Morgan fingerprint density at radius 1 is 1.31 bits per heavy atom. The maximum atomic E-state index is 5.76.